The van der Waals surface area contributed by atoms with Gasteiger partial charge in [-0.15, -0.1) is 0 Å². The second-order valence-electron chi connectivity index (χ2n) is 14.0. The van der Waals surface area contributed by atoms with Crippen LogP contribution in [0.5, 0.6) is 0 Å². The first-order valence-electron chi connectivity index (χ1n) is 17.3. The monoisotopic (exact) mass is 754 g/mol. The zero-order valence-electron chi connectivity index (χ0n) is 29.6. The normalized spacial score (nSPS) is 28.8. The molecule has 3 aromatic carbocycles. The van der Waals surface area contributed by atoms with E-state index in [0.717, 1.165) is 0 Å². The highest BCUT2D eigenvalue weighted by Crippen LogP contribution is 2.34. The Balaban J connectivity index is 1.56. The Kier molecular flexibility index (Phi) is 13.9. The molecule has 2 aliphatic heterocycles. The zero-order chi connectivity index (χ0) is 38.1. The molecule has 0 unspecified atom stereocenters. The zero-order valence-corrected chi connectivity index (χ0v) is 30.6. The number of esters is 3. The quantitative estimate of drug-likeness (QED) is 0.106. The van der Waals surface area contributed by atoms with Crippen molar-refractivity contribution in [3.8, 4) is 0 Å². The fraction of sp³-hybridized carbons (Fsp3) is 0.447. The Labute approximate surface area is 308 Å². The lowest BCUT2D eigenvalue weighted by Crippen LogP contribution is -2.66. The highest BCUT2D eigenvalue weighted by Gasteiger charge is 2.55. The second-order valence-corrected chi connectivity index (χ2v) is 19.6. The predicted octanol–water partition coefficient (Wildman–Crippen LogP) is 2.56. The van der Waals surface area contributed by atoms with Crippen molar-refractivity contribution < 1.29 is 68.0 Å². The maximum absolute atomic E-state index is 13.8. The van der Waals surface area contributed by atoms with Crippen LogP contribution in [0.25, 0.3) is 0 Å². The molecule has 2 fully saturated rings. The molecule has 0 radical (unpaired) electrons. The van der Waals surface area contributed by atoms with Gasteiger partial charge in [0.05, 0.1) is 23.3 Å². The number of carbonyl (C=O) groups is 3. The van der Waals surface area contributed by atoms with Crippen LogP contribution in [-0.4, -0.2) is 128 Å². The van der Waals surface area contributed by atoms with E-state index in [1.54, 1.807) is 66.7 Å². The molecule has 2 heterocycles. The third-order valence-electron chi connectivity index (χ3n) is 8.76. The Bertz CT molecular complexity index is 1620. The summed E-state index contributed by atoms with van der Waals surface area (Å²) in [4.78, 5) is 40.5. The molecule has 286 valence electrons. The van der Waals surface area contributed by atoms with Crippen molar-refractivity contribution >= 4 is 26.0 Å². The summed E-state index contributed by atoms with van der Waals surface area (Å²) in [5.41, 5.74) is 0.549. The first-order valence-corrected chi connectivity index (χ1v) is 21.0. The minimum atomic E-state index is -1.87. The van der Waals surface area contributed by atoms with Crippen LogP contribution < -0.4 is 0 Å². The molecule has 53 heavy (non-hydrogen) atoms. The van der Waals surface area contributed by atoms with Gasteiger partial charge in [-0.25, -0.2) is 14.4 Å². The van der Waals surface area contributed by atoms with Crippen molar-refractivity contribution in [2.24, 2.45) is 0 Å². The molecule has 0 amide bonds. The fourth-order valence-electron chi connectivity index (χ4n) is 5.73. The molecule has 0 bridgehead atoms. The van der Waals surface area contributed by atoms with E-state index in [1.165, 1.54) is 24.3 Å². The maximum Gasteiger partial charge on any atom is 0.338 e. The van der Waals surface area contributed by atoms with Gasteiger partial charge < -0.3 is 53.6 Å². The number of aliphatic hydroxyl groups excluding tert-OH is 4. The van der Waals surface area contributed by atoms with Gasteiger partial charge in [-0.05, 0) is 42.4 Å². The third kappa shape index (κ3) is 10.6. The van der Waals surface area contributed by atoms with Crippen LogP contribution >= 0.6 is 0 Å². The van der Waals surface area contributed by atoms with E-state index in [-0.39, 0.29) is 23.3 Å². The molecule has 0 aliphatic carbocycles. The minimum absolute atomic E-state index is 0.141. The van der Waals surface area contributed by atoms with Gasteiger partial charge in [0.25, 0.3) is 0 Å². The first kappa shape index (κ1) is 40.2. The molecule has 0 aromatic heterocycles. The van der Waals surface area contributed by atoms with Gasteiger partial charge in [0.1, 0.15) is 43.2 Å². The number of ether oxygens (including phenoxy) is 7. The summed E-state index contributed by atoms with van der Waals surface area (Å²) in [5.74, 6) is -2.37. The summed E-state index contributed by atoms with van der Waals surface area (Å²) >= 11 is 0. The molecule has 0 spiro atoms. The summed E-state index contributed by atoms with van der Waals surface area (Å²) in [7, 11) is -1.67. The summed E-state index contributed by atoms with van der Waals surface area (Å²) in [5, 5.41) is 41.9. The Morgan fingerprint density at radius 2 is 1.11 bits per heavy atom. The second kappa shape index (κ2) is 18.3. The molecule has 3 aromatic rings. The van der Waals surface area contributed by atoms with Crippen LogP contribution in [0, 0.1) is 0 Å². The van der Waals surface area contributed by atoms with E-state index < -0.39 is 101 Å². The highest BCUT2D eigenvalue weighted by atomic mass is 28.3. The number of benzene rings is 3. The van der Waals surface area contributed by atoms with Gasteiger partial charge in [-0.3, -0.25) is 0 Å². The van der Waals surface area contributed by atoms with Crippen molar-refractivity contribution in [2.75, 3.05) is 19.8 Å². The number of aliphatic hydroxyl groups is 4. The average molecular weight is 755 g/mol. The van der Waals surface area contributed by atoms with Gasteiger partial charge in [-0.2, -0.15) is 0 Å². The Hall–Kier alpha value is -4.03. The van der Waals surface area contributed by atoms with Crippen molar-refractivity contribution in [3.63, 3.8) is 0 Å². The van der Waals surface area contributed by atoms with Crippen LogP contribution in [0.2, 0.25) is 25.7 Å². The molecule has 5 rings (SSSR count). The number of carbonyl (C=O) groups excluding carboxylic acids is 3. The van der Waals surface area contributed by atoms with E-state index in [0.29, 0.717) is 6.04 Å². The Morgan fingerprint density at radius 3 is 1.62 bits per heavy atom. The van der Waals surface area contributed by atoms with Crippen molar-refractivity contribution in [1.29, 1.82) is 0 Å². The van der Waals surface area contributed by atoms with E-state index in [4.69, 9.17) is 33.2 Å². The predicted molar refractivity (Wildman–Crippen MR) is 189 cm³/mol. The molecule has 10 atom stereocenters. The average Bonchev–Trinajstić information content (AvgIpc) is 3.16. The van der Waals surface area contributed by atoms with Crippen LogP contribution in [0.3, 0.4) is 0 Å². The highest BCUT2D eigenvalue weighted by molar-refractivity contribution is 6.76. The summed E-state index contributed by atoms with van der Waals surface area (Å²) in [6.07, 6.45) is -15.8. The SMILES string of the molecule is C[Si](C)(C)CCO[C@H]1O[C@H](COC(=O)c2ccccc2)[C@H](O[C@@H]2O[C@H](CO)[C@H](O)[C@H](O)[C@H]2O)[C@H](OC(=O)c2ccccc2)[C@H]1OC(=O)c1ccccc1. The largest absolute Gasteiger partial charge is 0.459 e. The summed E-state index contributed by atoms with van der Waals surface area (Å²) in [6, 6.07) is 24.9. The van der Waals surface area contributed by atoms with Gasteiger partial charge in [-0.1, -0.05) is 74.2 Å². The third-order valence-corrected chi connectivity index (χ3v) is 10.5. The number of hydrogen-bond donors (Lipinski definition) is 4. The number of hydrogen-bond acceptors (Lipinski definition) is 14. The van der Waals surface area contributed by atoms with Gasteiger partial charge >= 0.3 is 17.9 Å². The first-order chi connectivity index (χ1) is 25.4. The molecule has 15 heteroatoms. The van der Waals surface area contributed by atoms with Gasteiger partial charge in [0.2, 0.25) is 0 Å². The van der Waals surface area contributed by atoms with Crippen LogP contribution in [0.1, 0.15) is 31.1 Å². The number of rotatable bonds is 14. The Morgan fingerprint density at radius 1 is 0.623 bits per heavy atom. The molecule has 4 N–H and O–H groups in total. The summed E-state index contributed by atoms with van der Waals surface area (Å²) in [6.45, 7) is 5.35. The van der Waals surface area contributed by atoms with E-state index in [2.05, 4.69) is 19.6 Å². The minimum Gasteiger partial charge on any atom is -0.459 e. The van der Waals surface area contributed by atoms with Crippen LogP contribution in [0.4, 0.5) is 0 Å². The lowest BCUT2D eigenvalue weighted by molar-refractivity contribution is -0.357. The molecule has 2 saturated heterocycles. The maximum atomic E-state index is 13.8. The standard InChI is InChI=1S/C38H46O14Si/c1-53(2,3)20-19-46-38-33(51-36(45)25-17-11-6-12-18-25)32(50-35(44)24-15-9-5-10-16-24)31(52-37-30(42)29(41)28(40)26(21-39)48-37)27(49-38)22-47-34(43)23-13-7-4-8-14-23/h4-18,26-33,37-42H,19-22H2,1-3H3/t26-,27-,28+,29+,30-,31+,32+,33-,37+,38+/m1/s1. The van der Waals surface area contributed by atoms with E-state index in [9.17, 15) is 34.8 Å². The molecular formula is C38H46O14Si. The van der Waals surface area contributed by atoms with Crippen molar-refractivity contribution in [3.05, 3.63) is 108 Å². The van der Waals surface area contributed by atoms with Crippen LogP contribution in [0.15, 0.2) is 91.0 Å². The smallest absolute Gasteiger partial charge is 0.338 e. The fourth-order valence-corrected chi connectivity index (χ4v) is 6.46. The topological polar surface area (TPSA) is 197 Å². The molecule has 14 nitrogen and oxygen atoms in total. The lowest BCUT2D eigenvalue weighted by atomic mass is 9.96. The van der Waals surface area contributed by atoms with Crippen molar-refractivity contribution in [2.45, 2.75) is 87.1 Å². The molecular weight excluding hydrogens is 708 g/mol. The summed E-state index contributed by atoms with van der Waals surface area (Å²) < 4.78 is 42.2. The van der Waals surface area contributed by atoms with E-state index in [1.807, 2.05) is 0 Å². The van der Waals surface area contributed by atoms with Crippen LogP contribution in [-0.2, 0) is 33.2 Å². The van der Waals surface area contributed by atoms with Gasteiger partial charge in [0, 0.05) is 14.7 Å². The molecule has 0 saturated carbocycles. The van der Waals surface area contributed by atoms with Gasteiger partial charge in [0.15, 0.2) is 24.8 Å². The lowest BCUT2D eigenvalue weighted by Gasteiger charge is -2.47. The van der Waals surface area contributed by atoms with E-state index >= 15 is 0 Å². The van der Waals surface area contributed by atoms with Crippen molar-refractivity contribution in [1.82, 2.24) is 0 Å². The molecule has 2 aliphatic rings.